The Kier molecular flexibility index (Phi) is 4.23. The molecule has 0 bridgehead atoms. The van der Waals surface area contributed by atoms with Gasteiger partial charge in [0.25, 0.3) is 5.91 Å². The highest BCUT2D eigenvalue weighted by Gasteiger charge is 2.17. The summed E-state index contributed by atoms with van der Waals surface area (Å²) in [5, 5.41) is 11.1. The second-order valence-corrected chi connectivity index (χ2v) is 6.89. The number of aryl methyl sites for hydroxylation is 1. The average molecular weight is 429 g/mol. The predicted molar refractivity (Wildman–Crippen MR) is 102 cm³/mol. The van der Waals surface area contributed by atoms with E-state index in [-0.39, 0.29) is 11.4 Å². The SMILES string of the molecule is Cc1c(-c2ccnc3cc(C(=O)Nc4ccc(Br)cc4F)nn23)cnn1C. The lowest BCUT2D eigenvalue weighted by molar-refractivity contribution is 0.102. The third kappa shape index (κ3) is 3.10. The molecule has 3 aromatic heterocycles. The topological polar surface area (TPSA) is 77.1 Å². The van der Waals surface area contributed by atoms with Crippen LogP contribution in [0, 0.1) is 12.7 Å². The van der Waals surface area contributed by atoms with Gasteiger partial charge in [-0.2, -0.15) is 10.2 Å². The van der Waals surface area contributed by atoms with Crippen LogP contribution in [0.15, 0.2) is 47.2 Å². The lowest BCUT2D eigenvalue weighted by Crippen LogP contribution is -2.13. The molecule has 0 fully saturated rings. The number of nitrogens with zero attached hydrogens (tertiary/aromatic N) is 5. The average Bonchev–Trinajstić information content (AvgIpc) is 3.21. The van der Waals surface area contributed by atoms with Crippen molar-refractivity contribution in [2.75, 3.05) is 5.32 Å². The number of nitrogens with one attached hydrogen (secondary N) is 1. The third-order valence-corrected chi connectivity index (χ3v) is 4.77. The number of amides is 1. The molecule has 4 aromatic rings. The van der Waals surface area contributed by atoms with Crippen molar-refractivity contribution in [1.82, 2.24) is 24.4 Å². The first-order valence-corrected chi connectivity index (χ1v) is 8.83. The Labute approximate surface area is 162 Å². The molecule has 9 heteroatoms. The number of carbonyl (C=O) groups is 1. The number of fused-ring (bicyclic) bond motifs is 1. The lowest BCUT2D eigenvalue weighted by atomic mass is 10.2. The van der Waals surface area contributed by atoms with Crippen molar-refractivity contribution in [2.45, 2.75) is 6.92 Å². The van der Waals surface area contributed by atoms with Crippen molar-refractivity contribution < 1.29 is 9.18 Å². The number of halogens is 2. The second kappa shape index (κ2) is 6.58. The highest BCUT2D eigenvalue weighted by atomic mass is 79.9. The molecule has 0 unspecified atom stereocenters. The molecule has 1 N–H and O–H groups in total. The Morgan fingerprint density at radius 1 is 1.26 bits per heavy atom. The molecule has 0 aliphatic heterocycles. The van der Waals surface area contributed by atoms with Gasteiger partial charge >= 0.3 is 0 Å². The summed E-state index contributed by atoms with van der Waals surface area (Å²) in [5.41, 5.74) is 3.34. The molecule has 1 aromatic carbocycles. The van der Waals surface area contributed by atoms with Gasteiger partial charge in [-0.25, -0.2) is 13.9 Å². The maximum Gasteiger partial charge on any atom is 0.276 e. The van der Waals surface area contributed by atoms with Gasteiger partial charge in [0.05, 0.1) is 17.6 Å². The van der Waals surface area contributed by atoms with Gasteiger partial charge in [-0.05, 0) is 31.2 Å². The number of benzene rings is 1. The Hall–Kier alpha value is -3.07. The first-order chi connectivity index (χ1) is 12.9. The fraction of sp³-hybridized carbons (Fsp3) is 0.111. The Bertz CT molecular complexity index is 1180. The first-order valence-electron chi connectivity index (χ1n) is 8.04. The van der Waals surface area contributed by atoms with Crippen LogP contribution < -0.4 is 5.32 Å². The molecule has 0 spiro atoms. The molecule has 0 aliphatic carbocycles. The molecular formula is C18H14BrFN6O. The molecule has 136 valence electrons. The summed E-state index contributed by atoms with van der Waals surface area (Å²) >= 11 is 3.18. The molecule has 27 heavy (non-hydrogen) atoms. The van der Waals surface area contributed by atoms with E-state index in [1.807, 2.05) is 14.0 Å². The summed E-state index contributed by atoms with van der Waals surface area (Å²) in [7, 11) is 1.85. The fourth-order valence-corrected chi connectivity index (χ4v) is 3.07. The normalized spacial score (nSPS) is 11.1. The van der Waals surface area contributed by atoms with Crippen LogP contribution in [0.4, 0.5) is 10.1 Å². The quantitative estimate of drug-likeness (QED) is 0.540. The highest BCUT2D eigenvalue weighted by molar-refractivity contribution is 9.10. The number of anilines is 1. The number of hydrogen-bond donors (Lipinski definition) is 1. The minimum absolute atomic E-state index is 0.0801. The highest BCUT2D eigenvalue weighted by Crippen LogP contribution is 2.24. The van der Waals surface area contributed by atoms with Crippen molar-refractivity contribution in [3.63, 3.8) is 0 Å². The van der Waals surface area contributed by atoms with Crippen LogP contribution in [-0.4, -0.2) is 30.3 Å². The van der Waals surface area contributed by atoms with E-state index < -0.39 is 11.7 Å². The minimum Gasteiger partial charge on any atom is -0.318 e. The van der Waals surface area contributed by atoms with E-state index in [0.717, 1.165) is 17.0 Å². The monoisotopic (exact) mass is 428 g/mol. The summed E-state index contributed by atoms with van der Waals surface area (Å²) in [4.78, 5) is 16.8. The Morgan fingerprint density at radius 3 is 2.78 bits per heavy atom. The van der Waals surface area contributed by atoms with Crippen LogP contribution in [0.2, 0.25) is 0 Å². The number of hydrogen-bond acceptors (Lipinski definition) is 4. The van der Waals surface area contributed by atoms with Crippen LogP contribution >= 0.6 is 15.9 Å². The van der Waals surface area contributed by atoms with Crippen LogP contribution in [0.3, 0.4) is 0 Å². The second-order valence-electron chi connectivity index (χ2n) is 5.98. The molecule has 0 aliphatic rings. The summed E-state index contributed by atoms with van der Waals surface area (Å²) in [6.07, 6.45) is 3.39. The molecule has 3 heterocycles. The summed E-state index contributed by atoms with van der Waals surface area (Å²) in [6, 6.07) is 7.77. The van der Waals surface area contributed by atoms with Gasteiger partial charge in [-0.15, -0.1) is 0 Å². The van der Waals surface area contributed by atoms with Gasteiger partial charge < -0.3 is 5.32 Å². The molecule has 0 saturated carbocycles. The van der Waals surface area contributed by atoms with Crippen molar-refractivity contribution in [3.05, 3.63) is 64.4 Å². The lowest BCUT2D eigenvalue weighted by Gasteiger charge is -2.05. The smallest absolute Gasteiger partial charge is 0.276 e. The number of aromatic nitrogens is 5. The van der Waals surface area contributed by atoms with Crippen LogP contribution in [0.5, 0.6) is 0 Å². The van der Waals surface area contributed by atoms with Crippen LogP contribution in [-0.2, 0) is 7.05 Å². The van der Waals surface area contributed by atoms with E-state index in [1.54, 1.807) is 39.8 Å². The maximum absolute atomic E-state index is 14.0. The van der Waals surface area contributed by atoms with Gasteiger partial charge in [-0.3, -0.25) is 9.48 Å². The molecular weight excluding hydrogens is 415 g/mol. The van der Waals surface area contributed by atoms with Gasteiger partial charge in [-0.1, -0.05) is 15.9 Å². The molecule has 7 nitrogen and oxygen atoms in total. The van der Waals surface area contributed by atoms with Crippen molar-refractivity contribution >= 4 is 33.2 Å². The molecule has 0 saturated heterocycles. The van der Waals surface area contributed by atoms with Gasteiger partial charge in [0.2, 0.25) is 0 Å². The number of carbonyl (C=O) groups excluding carboxylic acids is 1. The van der Waals surface area contributed by atoms with Gasteiger partial charge in [0, 0.05) is 35.0 Å². The van der Waals surface area contributed by atoms with E-state index in [2.05, 4.69) is 36.4 Å². The van der Waals surface area contributed by atoms with Crippen molar-refractivity contribution in [3.8, 4) is 11.3 Å². The molecule has 0 atom stereocenters. The third-order valence-electron chi connectivity index (χ3n) is 4.28. The maximum atomic E-state index is 14.0. The fourth-order valence-electron chi connectivity index (χ4n) is 2.74. The summed E-state index contributed by atoms with van der Waals surface area (Å²) in [5.74, 6) is -1.05. The molecule has 1 amide bonds. The molecule has 4 rings (SSSR count). The Morgan fingerprint density at radius 2 is 2.07 bits per heavy atom. The zero-order chi connectivity index (χ0) is 19.1. The van der Waals surface area contributed by atoms with Crippen LogP contribution in [0.25, 0.3) is 16.9 Å². The predicted octanol–water partition coefficient (Wildman–Crippen LogP) is 3.59. The largest absolute Gasteiger partial charge is 0.318 e. The van der Waals surface area contributed by atoms with E-state index in [9.17, 15) is 9.18 Å². The number of rotatable bonds is 3. The van der Waals surface area contributed by atoms with Gasteiger partial charge in [0.1, 0.15) is 5.82 Å². The summed E-state index contributed by atoms with van der Waals surface area (Å²) in [6.45, 7) is 1.95. The molecule has 0 radical (unpaired) electrons. The zero-order valence-electron chi connectivity index (χ0n) is 14.4. The minimum atomic E-state index is -0.536. The summed E-state index contributed by atoms with van der Waals surface area (Å²) < 4.78 is 17.9. The first kappa shape index (κ1) is 17.3. The van der Waals surface area contributed by atoms with Crippen LogP contribution in [0.1, 0.15) is 16.2 Å². The van der Waals surface area contributed by atoms with Crippen molar-refractivity contribution in [2.24, 2.45) is 7.05 Å². The van der Waals surface area contributed by atoms with E-state index in [1.165, 1.54) is 12.1 Å². The van der Waals surface area contributed by atoms with E-state index >= 15 is 0 Å². The Balaban J connectivity index is 1.72. The van der Waals surface area contributed by atoms with E-state index in [4.69, 9.17) is 0 Å². The van der Waals surface area contributed by atoms with E-state index in [0.29, 0.717) is 10.1 Å². The van der Waals surface area contributed by atoms with Gasteiger partial charge in [0.15, 0.2) is 11.3 Å². The standard InChI is InChI=1S/C18H14BrFN6O/c1-10-12(9-22-25(10)2)16-5-6-21-17-8-15(24-26(16)17)18(27)23-14-4-3-11(19)7-13(14)20/h3-9H,1-2H3,(H,23,27). The zero-order valence-corrected chi connectivity index (χ0v) is 16.0. The van der Waals surface area contributed by atoms with Crippen molar-refractivity contribution in [1.29, 1.82) is 0 Å².